The van der Waals surface area contributed by atoms with E-state index in [9.17, 15) is 0 Å². The van der Waals surface area contributed by atoms with E-state index in [0.29, 0.717) is 0 Å². The lowest BCUT2D eigenvalue weighted by Crippen LogP contribution is -2.32. The van der Waals surface area contributed by atoms with Gasteiger partial charge < -0.3 is 4.90 Å². The number of hydrogen-bond donors (Lipinski definition) is 0. The summed E-state index contributed by atoms with van der Waals surface area (Å²) in [6.45, 7) is 13.3. The summed E-state index contributed by atoms with van der Waals surface area (Å²) in [5.74, 6) is 0.767. The van der Waals surface area contributed by atoms with Crippen molar-refractivity contribution in [1.29, 1.82) is 0 Å². The number of rotatable bonds is 7. The molecule has 2 aromatic carbocycles. The molecule has 1 saturated heterocycles. The molecule has 0 N–H and O–H groups in total. The molecule has 0 atom stereocenters. The minimum Gasteiger partial charge on any atom is -0.302 e. The van der Waals surface area contributed by atoms with Crippen LogP contribution in [0.2, 0.25) is 0 Å². The van der Waals surface area contributed by atoms with E-state index in [1.807, 2.05) is 18.2 Å². The Bertz CT molecular complexity index is 1240. The van der Waals surface area contributed by atoms with Crippen LogP contribution in [0.15, 0.2) is 85.2 Å². The third kappa shape index (κ3) is 6.91. The van der Waals surface area contributed by atoms with E-state index < -0.39 is 0 Å². The van der Waals surface area contributed by atoms with Crippen molar-refractivity contribution < 1.29 is 0 Å². The summed E-state index contributed by atoms with van der Waals surface area (Å²) >= 11 is 0. The fourth-order valence-corrected chi connectivity index (χ4v) is 5.06. The first kappa shape index (κ1) is 26.2. The van der Waals surface area contributed by atoms with Gasteiger partial charge in [-0.25, -0.2) is 9.97 Å². The summed E-state index contributed by atoms with van der Waals surface area (Å²) in [5.41, 5.74) is 7.19. The first-order chi connectivity index (χ1) is 18.4. The summed E-state index contributed by atoms with van der Waals surface area (Å²) in [7, 11) is 0. The average Bonchev–Trinajstić information content (AvgIpc) is 3.17. The van der Waals surface area contributed by atoms with Crippen LogP contribution in [0.1, 0.15) is 44.0 Å². The molecule has 4 aromatic rings. The fraction of sp³-hybridized carbons (Fsp3) is 0.364. The molecule has 0 unspecified atom stereocenters. The second-order valence-corrected chi connectivity index (χ2v) is 11.3. The molecular weight excluding hydrogens is 466 g/mol. The summed E-state index contributed by atoms with van der Waals surface area (Å²) in [5, 5.41) is 0. The molecule has 0 spiro atoms. The highest BCUT2D eigenvalue weighted by molar-refractivity contribution is 5.64. The van der Waals surface area contributed by atoms with E-state index in [2.05, 4.69) is 90.2 Å². The lowest BCUT2D eigenvalue weighted by atomic mass is 9.87. The zero-order chi connectivity index (χ0) is 26.4. The van der Waals surface area contributed by atoms with Crippen molar-refractivity contribution in [2.45, 2.75) is 45.6 Å². The Morgan fingerprint density at radius 2 is 1.45 bits per heavy atom. The van der Waals surface area contributed by atoms with Crippen LogP contribution in [0.5, 0.6) is 0 Å². The molecule has 0 amide bonds. The van der Waals surface area contributed by atoms with Crippen LogP contribution in [0.4, 0.5) is 0 Å². The number of pyridine rings is 1. The van der Waals surface area contributed by atoms with E-state index >= 15 is 0 Å². The molecule has 1 aliphatic heterocycles. The maximum absolute atomic E-state index is 4.96. The van der Waals surface area contributed by atoms with Gasteiger partial charge in [0.15, 0.2) is 5.82 Å². The largest absolute Gasteiger partial charge is 0.302 e. The van der Waals surface area contributed by atoms with Gasteiger partial charge in [0.1, 0.15) is 0 Å². The van der Waals surface area contributed by atoms with E-state index in [0.717, 1.165) is 74.0 Å². The average molecular weight is 506 g/mol. The van der Waals surface area contributed by atoms with Crippen LogP contribution in [0.25, 0.3) is 22.6 Å². The van der Waals surface area contributed by atoms with Gasteiger partial charge in [0.05, 0.1) is 5.69 Å². The molecule has 2 aromatic heterocycles. The van der Waals surface area contributed by atoms with E-state index in [-0.39, 0.29) is 5.41 Å². The molecule has 38 heavy (non-hydrogen) atoms. The Kier molecular flexibility index (Phi) is 8.26. The highest BCUT2D eigenvalue weighted by atomic mass is 15.2. The van der Waals surface area contributed by atoms with Crippen molar-refractivity contribution in [1.82, 2.24) is 24.8 Å². The predicted octanol–water partition coefficient (Wildman–Crippen LogP) is 6.25. The topological polar surface area (TPSA) is 45.2 Å². The van der Waals surface area contributed by atoms with E-state index in [1.54, 1.807) is 12.4 Å². The molecule has 5 nitrogen and oxygen atoms in total. The molecule has 1 fully saturated rings. The first-order valence-electron chi connectivity index (χ1n) is 13.8. The minimum absolute atomic E-state index is 0.201. The molecular formula is C33H39N5. The molecule has 5 rings (SSSR count). The molecule has 3 heterocycles. The van der Waals surface area contributed by atoms with Crippen molar-refractivity contribution in [2.24, 2.45) is 0 Å². The van der Waals surface area contributed by atoms with Crippen molar-refractivity contribution in [3.8, 4) is 22.6 Å². The fourth-order valence-electron chi connectivity index (χ4n) is 5.06. The van der Waals surface area contributed by atoms with Gasteiger partial charge in [-0.05, 0) is 54.3 Å². The normalized spacial score (nSPS) is 15.3. The predicted molar refractivity (Wildman–Crippen MR) is 156 cm³/mol. The molecule has 196 valence electrons. The van der Waals surface area contributed by atoms with Crippen LogP contribution in [-0.2, 0) is 18.4 Å². The summed E-state index contributed by atoms with van der Waals surface area (Å²) in [4.78, 5) is 19.2. The SMILES string of the molecule is CC(C)(C)c1ccc(CN2CCCN(CCc3cc(-c4ccccc4)nc(-c4ccncc4)n3)CC2)cc1. The van der Waals surface area contributed by atoms with Gasteiger partial charge >= 0.3 is 0 Å². The molecule has 0 bridgehead atoms. The summed E-state index contributed by atoms with van der Waals surface area (Å²) in [6.07, 6.45) is 5.71. The van der Waals surface area contributed by atoms with Gasteiger partial charge in [-0.1, -0.05) is 75.4 Å². The Morgan fingerprint density at radius 3 is 2.18 bits per heavy atom. The van der Waals surface area contributed by atoms with Crippen LogP contribution < -0.4 is 0 Å². The third-order valence-electron chi connectivity index (χ3n) is 7.38. The lowest BCUT2D eigenvalue weighted by molar-refractivity contribution is 0.252. The Labute approximate surface area is 227 Å². The van der Waals surface area contributed by atoms with Gasteiger partial charge in [0.2, 0.25) is 0 Å². The maximum Gasteiger partial charge on any atom is 0.160 e. The second-order valence-electron chi connectivity index (χ2n) is 11.3. The number of benzene rings is 2. The van der Waals surface area contributed by atoms with Crippen molar-refractivity contribution in [3.63, 3.8) is 0 Å². The molecule has 1 aliphatic rings. The second kappa shape index (κ2) is 12.0. The molecule has 5 heteroatoms. The minimum atomic E-state index is 0.201. The zero-order valence-electron chi connectivity index (χ0n) is 23.0. The van der Waals surface area contributed by atoms with Gasteiger partial charge in [0, 0.05) is 61.8 Å². The van der Waals surface area contributed by atoms with Gasteiger partial charge in [-0.3, -0.25) is 9.88 Å². The molecule has 0 radical (unpaired) electrons. The number of nitrogens with zero attached hydrogens (tertiary/aromatic N) is 5. The third-order valence-corrected chi connectivity index (χ3v) is 7.38. The van der Waals surface area contributed by atoms with Crippen LogP contribution >= 0.6 is 0 Å². The first-order valence-corrected chi connectivity index (χ1v) is 13.8. The van der Waals surface area contributed by atoms with Crippen LogP contribution in [0, 0.1) is 0 Å². The Morgan fingerprint density at radius 1 is 0.737 bits per heavy atom. The van der Waals surface area contributed by atoms with Crippen molar-refractivity contribution in [3.05, 3.63) is 102 Å². The Balaban J connectivity index is 1.23. The smallest absolute Gasteiger partial charge is 0.160 e. The quantitative estimate of drug-likeness (QED) is 0.297. The highest BCUT2D eigenvalue weighted by Crippen LogP contribution is 2.24. The molecule has 0 aliphatic carbocycles. The maximum atomic E-state index is 4.96. The zero-order valence-corrected chi connectivity index (χ0v) is 23.0. The monoisotopic (exact) mass is 505 g/mol. The van der Waals surface area contributed by atoms with Crippen molar-refractivity contribution >= 4 is 0 Å². The van der Waals surface area contributed by atoms with Gasteiger partial charge in [0.25, 0.3) is 0 Å². The van der Waals surface area contributed by atoms with Gasteiger partial charge in [-0.2, -0.15) is 0 Å². The lowest BCUT2D eigenvalue weighted by Gasteiger charge is -2.23. The number of aromatic nitrogens is 3. The van der Waals surface area contributed by atoms with E-state index in [1.165, 1.54) is 17.5 Å². The van der Waals surface area contributed by atoms with Crippen LogP contribution in [-0.4, -0.2) is 57.5 Å². The van der Waals surface area contributed by atoms with Gasteiger partial charge in [-0.15, -0.1) is 0 Å². The Hall–Kier alpha value is -3.41. The number of hydrogen-bond acceptors (Lipinski definition) is 5. The van der Waals surface area contributed by atoms with Crippen LogP contribution in [0.3, 0.4) is 0 Å². The summed E-state index contributed by atoms with van der Waals surface area (Å²) in [6, 6.07) is 25.7. The standard InChI is InChI=1S/C33H39N5/c1-33(2,3)29-12-10-26(11-13-29)25-38-20-7-19-37(22-23-38)21-16-30-24-31(27-8-5-4-6-9-27)36-32(35-30)28-14-17-34-18-15-28/h4-6,8-15,17-18,24H,7,16,19-23,25H2,1-3H3. The molecule has 0 saturated carbocycles. The van der Waals surface area contributed by atoms with E-state index in [4.69, 9.17) is 9.97 Å². The summed E-state index contributed by atoms with van der Waals surface area (Å²) < 4.78 is 0. The highest BCUT2D eigenvalue weighted by Gasteiger charge is 2.17. The van der Waals surface area contributed by atoms with Crippen molar-refractivity contribution in [2.75, 3.05) is 32.7 Å².